The van der Waals surface area contributed by atoms with Gasteiger partial charge in [0.15, 0.2) is 0 Å². The summed E-state index contributed by atoms with van der Waals surface area (Å²) in [5, 5.41) is 3.67. The Morgan fingerprint density at radius 2 is 2.00 bits per heavy atom. The summed E-state index contributed by atoms with van der Waals surface area (Å²) >= 11 is 0. The quantitative estimate of drug-likeness (QED) is 0.900. The van der Waals surface area contributed by atoms with E-state index in [9.17, 15) is 4.79 Å². The summed E-state index contributed by atoms with van der Waals surface area (Å²) in [7, 11) is 0. The van der Waals surface area contributed by atoms with E-state index in [1.807, 2.05) is 4.90 Å². The molecule has 2 atom stereocenters. The Hall–Kier alpha value is -1.51. The maximum absolute atomic E-state index is 11.8. The van der Waals surface area contributed by atoms with Crippen LogP contribution < -0.4 is 10.2 Å². The van der Waals surface area contributed by atoms with E-state index in [1.165, 1.54) is 37.8 Å². The van der Waals surface area contributed by atoms with Gasteiger partial charge in [0.2, 0.25) is 5.91 Å². The number of carbonyl (C=O) groups excluding carboxylic acids is 1. The highest BCUT2D eigenvalue weighted by Crippen LogP contribution is 2.29. The summed E-state index contributed by atoms with van der Waals surface area (Å²) in [6.07, 6.45) is 8.29. The third-order valence-electron chi connectivity index (χ3n) is 4.98. The summed E-state index contributed by atoms with van der Waals surface area (Å²) in [5.74, 6) is 1.14. The minimum absolute atomic E-state index is 0.258. The molecule has 114 valence electrons. The Kier molecular flexibility index (Phi) is 4.47. The molecule has 0 aromatic heterocycles. The van der Waals surface area contributed by atoms with E-state index in [0.717, 1.165) is 24.6 Å². The molecule has 1 N–H and O–H groups in total. The van der Waals surface area contributed by atoms with Gasteiger partial charge in [-0.15, -0.1) is 0 Å². The summed E-state index contributed by atoms with van der Waals surface area (Å²) in [4.78, 5) is 13.7. The molecule has 0 bridgehead atoms. The Balaban J connectivity index is 1.60. The van der Waals surface area contributed by atoms with E-state index in [0.29, 0.717) is 12.5 Å². The molecule has 1 aliphatic carbocycles. The lowest BCUT2D eigenvalue weighted by atomic mass is 9.84. The predicted octanol–water partition coefficient (Wildman–Crippen LogP) is 4.19. The number of hydrogen-bond acceptors (Lipinski definition) is 2. The van der Waals surface area contributed by atoms with Crippen LogP contribution in [0.4, 0.5) is 11.4 Å². The summed E-state index contributed by atoms with van der Waals surface area (Å²) in [5.41, 5.74) is 2.23. The lowest BCUT2D eigenvalue weighted by molar-refractivity contribution is -0.117. The Labute approximate surface area is 127 Å². The molecule has 2 aliphatic rings. The smallest absolute Gasteiger partial charge is 0.227 e. The fourth-order valence-corrected chi connectivity index (χ4v) is 3.69. The number of nitrogens with one attached hydrogen (secondary N) is 1. The molecule has 2 fully saturated rings. The van der Waals surface area contributed by atoms with Crippen molar-refractivity contribution in [3.8, 4) is 0 Å². The zero-order chi connectivity index (χ0) is 14.7. The van der Waals surface area contributed by atoms with Gasteiger partial charge in [-0.1, -0.05) is 26.2 Å². The topological polar surface area (TPSA) is 32.3 Å². The second-order valence-electron chi connectivity index (χ2n) is 6.48. The van der Waals surface area contributed by atoms with Crippen molar-refractivity contribution in [3.05, 3.63) is 24.3 Å². The van der Waals surface area contributed by atoms with Gasteiger partial charge in [-0.05, 0) is 49.4 Å². The van der Waals surface area contributed by atoms with Crippen LogP contribution in [0, 0.1) is 5.92 Å². The number of nitrogens with zero attached hydrogens (tertiary/aromatic N) is 1. The summed E-state index contributed by atoms with van der Waals surface area (Å²) in [6, 6.07) is 9.01. The monoisotopic (exact) mass is 286 g/mol. The maximum atomic E-state index is 11.8. The number of carbonyl (C=O) groups is 1. The van der Waals surface area contributed by atoms with Crippen LogP contribution in [0.3, 0.4) is 0 Å². The third-order valence-corrected chi connectivity index (χ3v) is 4.98. The van der Waals surface area contributed by atoms with E-state index in [4.69, 9.17) is 0 Å². The first-order valence-electron chi connectivity index (χ1n) is 8.43. The van der Waals surface area contributed by atoms with Crippen molar-refractivity contribution in [2.45, 2.75) is 57.9 Å². The maximum Gasteiger partial charge on any atom is 0.227 e. The SMILES string of the molecule is CCC1CCCC(Nc2ccc(N3CCCC3=O)cc2)C1. The minimum atomic E-state index is 0.258. The van der Waals surface area contributed by atoms with Gasteiger partial charge >= 0.3 is 0 Å². The third kappa shape index (κ3) is 3.39. The zero-order valence-electron chi connectivity index (χ0n) is 13.0. The molecule has 3 nitrogen and oxygen atoms in total. The van der Waals surface area contributed by atoms with Crippen LogP contribution in [0.25, 0.3) is 0 Å². The molecule has 1 saturated heterocycles. The van der Waals surface area contributed by atoms with Gasteiger partial charge in [-0.3, -0.25) is 4.79 Å². The van der Waals surface area contributed by atoms with Gasteiger partial charge in [0, 0.05) is 30.4 Å². The van der Waals surface area contributed by atoms with Crippen molar-refractivity contribution < 1.29 is 4.79 Å². The summed E-state index contributed by atoms with van der Waals surface area (Å²) in [6.45, 7) is 3.17. The predicted molar refractivity (Wildman–Crippen MR) is 87.7 cm³/mol. The van der Waals surface area contributed by atoms with Crippen molar-refractivity contribution in [1.29, 1.82) is 0 Å². The zero-order valence-corrected chi connectivity index (χ0v) is 13.0. The van der Waals surface area contributed by atoms with E-state index >= 15 is 0 Å². The first-order chi connectivity index (χ1) is 10.3. The molecule has 1 aromatic carbocycles. The first kappa shape index (κ1) is 14.4. The molecule has 3 heteroatoms. The summed E-state index contributed by atoms with van der Waals surface area (Å²) < 4.78 is 0. The van der Waals surface area contributed by atoms with Crippen LogP contribution in [-0.2, 0) is 4.79 Å². The number of rotatable bonds is 4. The molecule has 1 saturated carbocycles. The van der Waals surface area contributed by atoms with Crippen LogP contribution in [0.2, 0.25) is 0 Å². The molecule has 2 unspecified atom stereocenters. The van der Waals surface area contributed by atoms with Crippen molar-refractivity contribution in [2.24, 2.45) is 5.92 Å². The minimum Gasteiger partial charge on any atom is -0.382 e. The molecule has 0 radical (unpaired) electrons. The van der Waals surface area contributed by atoms with Crippen molar-refractivity contribution >= 4 is 17.3 Å². The second kappa shape index (κ2) is 6.50. The lowest BCUT2D eigenvalue weighted by Gasteiger charge is -2.30. The van der Waals surface area contributed by atoms with E-state index < -0.39 is 0 Å². The van der Waals surface area contributed by atoms with Gasteiger partial charge in [0.05, 0.1) is 0 Å². The Bertz CT molecular complexity index is 482. The van der Waals surface area contributed by atoms with Crippen LogP contribution >= 0.6 is 0 Å². The molecule has 1 aliphatic heterocycles. The molecular weight excluding hydrogens is 260 g/mol. The molecule has 3 rings (SSSR count). The highest BCUT2D eigenvalue weighted by Gasteiger charge is 2.22. The normalized spacial score (nSPS) is 26.1. The Morgan fingerprint density at radius 3 is 2.67 bits per heavy atom. The number of anilines is 2. The van der Waals surface area contributed by atoms with Crippen LogP contribution in [0.5, 0.6) is 0 Å². The van der Waals surface area contributed by atoms with Gasteiger partial charge in [-0.2, -0.15) is 0 Å². The van der Waals surface area contributed by atoms with E-state index in [-0.39, 0.29) is 5.91 Å². The number of amides is 1. The largest absolute Gasteiger partial charge is 0.382 e. The van der Waals surface area contributed by atoms with Crippen LogP contribution in [0.15, 0.2) is 24.3 Å². The average molecular weight is 286 g/mol. The number of hydrogen-bond donors (Lipinski definition) is 1. The molecule has 0 spiro atoms. The van der Waals surface area contributed by atoms with Crippen LogP contribution in [0.1, 0.15) is 51.9 Å². The Morgan fingerprint density at radius 1 is 1.19 bits per heavy atom. The average Bonchev–Trinajstić information content (AvgIpc) is 2.94. The fraction of sp³-hybridized carbons (Fsp3) is 0.611. The highest BCUT2D eigenvalue weighted by atomic mass is 16.2. The van der Waals surface area contributed by atoms with Gasteiger partial charge in [0.25, 0.3) is 0 Å². The number of benzene rings is 1. The molecule has 1 aromatic rings. The lowest BCUT2D eigenvalue weighted by Crippen LogP contribution is -2.27. The van der Waals surface area contributed by atoms with Crippen molar-refractivity contribution in [2.75, 3.05) is 16.8 Å². The second-order valence-corrected chi connectivity index (χ2v) is 6.48. The molecule has 1 heterocycles. The van der Waals surface area contributed by atoms with Gasteiger partial charge in [0.1, 0.15) is 0 Å². The van der Waals surface area contributed by atoms with Gasteiger partial charge in [-0.25, -0.2) is 0 Å². The van der Waals surface area contributed by atoms with Gasteiger partial charge < -0.3 is 10.2 Å². The first-order valence-corrected chi connectivity index (χ1v) is 8.43. The molecular formula is C18H26N2O. The van der Waals surface area contributed by atoms with E-state index in [1.54, 1.807) is 0 Å². The van der Waals surface area contributed by atoms with Crippen molar-refractivity contribution in [3.63, 3.8) is 0 Å². The highest BCUT2D eigenvalue weighted by molar-refractivity contribution is 5.95. The fourth-order valence-electron chi connectivity index (χ4n) is 3.69. The molecule has 21 heavy (non-hydrogen) atoms. The van der Waals surface area contributed by atoms with E-state index in [2.05, 4.69) is 36.5 Å². The van der Waals surface area contributed by atoms with Crippen molar-refractivity contribution in [1.82, 2.24) is 0 Å². The van der Waals surface area contributed by atoms with Crippen LogP contribution in [-0.4, -0.2) is 18.5 Å². The molecule has 1 amide bonds. The standard InChI is InChI=1S/C18H26N2O/c1-2-14-5-3-6-16(13-14)19-15-8-10-17(11-9-15)20-12-4-7-18(20)21/h8-11,14,16,19H,2-7,12-13H2,1H3.